The van der Waals surface area contributed by atoms with Crippen molar-refractivity contribution in [1.82, 2.24) is 9.91 Å². The molecule has 1 saturated heterocycles. The number of nitrogens with zero attached hydrogens (tertiary/aromatic N) is 3. The number of ether oxygens (including phenoxy) is 1. The highest BCUT2D eigenvalue weighted by Gasteiger charge is 2.51. The second-order valence-electron chi connectivity index (χ2n) is 7.65. The number of halogens is 2. The third kappa shape index (κ3) is 2.80. The van der Waals surface area contributed by atoms with Gasteiger partial charge in [0.25, 0.3) is 0 Å². The number of benzene rings is 2. The van der Waals surface area contributed by atoms with Crippen LogP contribution in [0.15, 0.2) is 47.6 Å². The highest BCUT2D eigenvalue weighted by Crippen LogP contribution is 2.50. The zero-order valence-corrected chi connectivity index (χ0v) is 15.9. The molecule has 5 rings (SSSR count). The summed E-state index contributed by atoms with van der Waals surface area (Å²) in [5, 5.41) is 7.83. The Hall–Kier alpha value is -2.11. The number of hydrogen-bond acceptors (Lipinski definition) is 4. The second-order valence-corrected chi connectivity index (χ2v) is 8.09. The SMILES string of the molecule is CN1CCC2(CC1)Oc1ccc(Cl)cc1C1CC(c3ccc(F)cc3)=NN12. The van der Waals surface area contributed by atoms with E-state index in [-0.39, 0.29) is 11.9 Å². The normalized spacial score (nSPS) is 23.6. The van der Waals surface area contributed by atoms with Gasteiger partial charge < -0.3 is 9.64 Å². The maximum absolute atomic E-state index is 13.3. The van der Waals surface area contributed by atoms with E-state index >= 15 is 0 Å². The quantitative estimate of drug-likeness (QED) is 0.726. The van der Waals surface area contributed by atoms with Crippen LogP contribution in [0, 0.1) is 5.82 Å². The molecule has 0 radical (unpaired) electrons. The van der Waals surface area contributed by atoms with E-state index in [0.29, 0.717) is 5.02 Å². The molecule has 1 atom stereocenters. The predicted octanol–water partition coefficient (Wildman–Crippen LogP) is 4.44. The van der Waals surface area contributed by atoms with E-state index in [1.807, 2.05) is 18.2 Å². The maximum atomic E-state index is 13.3. The van der Waals surface area contributed by atoms with E-state index in [4.69, 9.17) is 21.4 Å². The van der Waals surface area contributed by atoms with Crippen LogP contribution in [0.2, 0.25) is 5.02 Å². The molecule has 27 heavy (non-hydrogen) atoms. The molecule has 2 aromatic carbocycles. The average Bonchev–Trinajstić information content (AvgIpc) is 3.12. The Labute approximate surface area is 163 Å². The van der Waals surface area contributed by atoms with Gasteiger partial charge in [0.05, 0.1) is 11.8 Å². The minimum Gasteiger partial charge on any atom is -0.466 e. The fourth-order valence-corrected chi connectivity index (χ4v) is 4.55. The van der Waals surface area contributed by atoms with Crippen LogP contribution in [0.4, 0.5) is 4.39 Å². The van der Waals surface area contributed by atoms with Crippen LogP contribution in [-0.4, -0.2) is 41.5 Å². The molecule has 0 amide bonds. The Kier molecular flexibility index (Phi) is 3.92. The van der Waals surface area contributed by atoms with Gasteiger partial charge in [-0.3, -0.25) is 0 Å². The number of fused-ring (bicyclic) bond motifs is 4. The first-order chi connectivity index (χ1) is 13.0. The van der Waals surface area contributed by atoms with Crippen molar-refractivity contribution in [2.24, 2.45) is 5.10 Å². The van der Waals surface area contributed by atoms with Gasteiger partial charge in [-0.2, -0.15) is 5.10 Å². The van der Waals surface area contributed by atoms with Crippen molar-refractivity contribution in [1.29, 1.82) is 0 Å². The van der Waals surface area contributed by atoms with Crippen LogP contribution in [-0.2, 0) is 0 Å². The Balaban J connectivity index is 1.58. The molecule has 0 aliphatic carbocycles. The largest absolute Gasteiger partial charge is 0.466 e. The lowest BCUT2D eigenvalue weighted by Crippen LogP contribution is -2.58. The standard InChI is InChI=1S/C21H21ClFN3O/c1-25-10-8-21(9-11-25)26-19(17-12-15(22)4-7-20(17)27-21)13-18(24-26)14-2-5-16(23)6-3-14/h2-7,12,19H,8-11,13H2,1H3. The summed E-state index contributed by atoms with van der Waals surface area (Å²) in [6, 6.07) is 12.5. The molecular formula is C21H21ClFN3O. The van der Waals surface area contributed by atoms with Crippen LogP contribution in [0.5, 0.6) is 5.75 Å². The topological polar surface area (TPSA) is 28.1 Å². The predicted molar refractivity (Wildman–Crippen MR) is 104 cm³/mol. The third-order valence-corrected chi connectivity index (χ3v) is 6.14. The highest BCUT2D eigenvalue weighted by atomic mass is 35.5. The second kappa shape index (κ2) is 6.21. The molecule has 0 aromatic heterocycles. The minimum absolute atomic E-state index is 0.0934. The molecule has 3 heterocycles. The molecule has 0 saturated carbocycles. The highest BCUT2D eigenvalue weighted by molar-refractivity contribution is 6.30. The van der Waals surface area contributed by atoms with E-state index in [1.165, 1.54) is 12.1 Å². The summed E-state index contributed by atoms with van der Waals surface area (Å²) < 4.78 is 19.9. The van der Waals surface area contributed by atoms with Crippen LogP contribution >= 0.6 is 11.6 Å². The van der Waals surface area contributed by atoms with E-state index in [0.717, 1.165) is 54.9 Å². The number of hydrogen-bond donors (Lipinski definition) is 0. The first-order valence-corrected chi connectivity index (χ1v) is 9.72. The van der Waals surface area contributed by atoms with Gasteiger partial charge >= 0.3 is 0 Å². The molecule has 1 spiro atoms. The average molecular weight is 386 g/mol. The van der Waals surface area contributed by atoms with Crippen LogP contribution in [0.3, 0.4) is 0 Å². The zero-order valence-electron chi connectivity index (χ0n) is 15.2. The molecule has 0 N–H and O–H groups in total. The lowest BCUT2D eigenvalue weighted by Gasteiger charge is -2.50. The summed E-state index contributed by atoms with van der Waals surface area (Å²) in [7, 11) is 2.14. The van der Waals surface area contributed by atoms with Crippen molar-refractivity contribution in [3.63, 3.8) is 0 Å². The molecule has 140 valence electrons. The van der Waals surface area contributed by atoms with Gasteiger partial charge in [0.1, 0.15) is 11.6 Å². The molecule has 4 nitrogen and oxygen atoms in total. The summed E-state index contributed by atoms with van der Waals surface area (Å²) in [6.07, 6.45) is 2.55. The van der Waals surface area contributed by atoms with Gasteiger partial charge in [0.15, 0.2) is 0 Å². The molecular weight excluding hydrogens is 365 g/mol. The smallest absolute Gasteiger partial charge is 0.200 e. The van der Waals surface area contributed by atoms with Gasteiger partial charge in [0.2, 0.25) is 5.72 Å². The number of piperidine rings is 1. The summed E-state index contributed by atoms with van der Waals surface area (Å²) in [5.41, 5.74) is 2.57. The molecule has 1 fully saturated rings. The molecule has 2 aromatic rings. The first kappa shape index (κ1) is 17.0. The van der Waals surface area contributed by atoms with Crippen molar-refractivity contribution >= 4 is 17.3 Å². The Morgan fingerprint density at radius 1 is 1.15 bits per heavy atom. The number of hydrazone groups is 1. The van der Waals surface area contributed by atoms with Gasteiger partial charge in [-0.15, -0.1) is 0 Å². The first-order valence-electron chi connectivity index (χ1n) is 9.34. The van der Waals surface area contributed by atoms with Crippen molar-refractivity contribution in [2.75, 3.05) is 20.1 Å². The fraction of sp³-hybridized carbons (Fsp3) is 0.381. The minimum atomic E-state index is -0.431. The van der Waals surface area contributed by atoms with Crippen LogP contribution in [0.1, 0.15) is 36.4 Å². The van der Waals surface area contributed by atoms with Gasteiger partial charge in [0, 0.05) is 42.9 Å². The Bertz CT molecular complexity index is 906. The van der Waals surface area contributed by atoms with E-state index in [1.54, 1.807) is 12.1 Å². The summed E-state index contributed by atoms with van der Waals surface area (Å²) in [4.78, 5) is 2.32. The Morgan fingerprint density at radius 2 is 1.89 bits per heavy atom. The summed E-state index contributed by atoms with van der Waals surface area (Å²) in [6.45, 7) is 1.93. The van der Waals surface area contributed by atoms with Crippen LogP contribution < -0.4 is 4.74 Å². The number of likely N-dealkylation sites (tertiary alicyclic amines) is 1. The molecule has 1 unspecified atom stereocenters. The maximum Gasteiger partial charge on any atom is 0.200 e. The van der Waals surface area contributed by atoms with Crippen molar-refractivity contribution in [2.45, 2.75) is 31.0 Å². The fourth-order valence-electron chi connectivity index (χ4n) is 4.37. The van der Waals surface area contributed by atoms with E-state index in [9.17, 15) is 4.39 Å². The van der Waals surface area contributed by atoms with Crippen molar-refractivity contribution in [3.05, 3.63) is 64.4 Å². The Morgan fingerprint density at radius 3 is 2.63 bits per heavy atom. The van der Waals surface area contributed by atoms with Crippen molar-refractivity contribution < 1.29 is 9.13 Å². The molecule has 3 aliphatic heterocycles. The van der Waals surface area contributed by atoms with Crippen LogP contribution in [0.25, 0.3) is 0 Å². The molecule has 0 bridgehead atoms. The lowest BCUT2D eigenvalue weighted by molar-refractivity contribution is -0.147. The summed E-state index contributed by atoms with van der Waals surface area (Å²) >= 11 is 6.27. The van der Waals surface area contributed by atoms with Gasteiger partial charge in [-0.1, -0.05) is 23.7 Å². The van der Waals surface area contributed by atoms with E-state index in [2.05, 4.69) is 17.0 Å². The monoisotopic (exact) mass is 385 g/mol. The lowest BCUT2D eigenvalue weighted by atomic mass is 9.91. The van der Waals surface area contributed by atoms with E-state index < -0.39 is 5.72 Å². The number of rotatable bonds is 1. The molecule has 6 heteroatoms. The zero-order chi connectivity index (χ0) is 18.6. The summed E-state index contributed by atoms with van der Waals surface area (Å²) in [5.74, 6) is 0.670. The third-order valence-electron chi connectivity index (χ3n) is 5.90. The van der Waals surface area contributed by atoms with Gasteiger partial charge in [-0.05, 0) is 42.9 Å². The van der Waals surface area contributed by atoms with Crippen molar-refractivity contribution in [3.8, 4) is 5.75 Å². The molecule has 3 aliphatic rings. The van der Waals surface area contributed by atoms with Gasteiger partial charge in [-0.25, -0.2) is 9.40 Å².